The molecule has 0 fully saturated rings. The molecular weight excluding hydrogens is 368 g/mol. The first-order valence-electron chi connectivity index (χ1n) is 9.54. The van der Waals surface area contributed by atoms with Gasteiger partial charge in [0.15, 0.2) is 5.78 Å². The van der Waals surface area contributed by atoms with E-state index in [4.69, 9.17) is 9.47 Å². The van der Waals surface area contributed by atoms with E-state index >= 15 is 0 Å². The van der Waals surface area contributed by atoms with E-state index in [1.54, 1.807) is 20.1 Å². The van der Waals surface area contributed by atoms with Crippen LogP contribution in [0.4, 0.5) is 0 Å². The Labute approximate surface area is 172 Å². The van der Waals surface area contributed by atoms with Gasteiger partial charge in [-0.3, -0.25) is 4.79 Å². The quantitative estimate of drug-likeness (QED) is 0.537. The minimum Gasteiger partial charge on any atom is -0.500 e. The summed E-state index contributed by atoms with van der Waals surface area (Å²) in [7, 11) is 3.15. The smallest absolute Gasteiger partial charge is 0.336 e. The van der Waals surface area contributed by atoms with Crippen molar-refractivity contribution in [1.82, 2.24) is 0 Å². The number of carbonyl (C=O) groups excluding carboxylic acids is 1. The van der Waals surface area contributed by atoms with Crippen LogP contribution in [-0.4, -0.2) is 31.1 Å². The molecule has 1 aliphatic rings. The number of aryl methyl sites for hydroxylation is 2. The number of allylic oxidation sites excluding steroid dienone is 3. The van der Waals surface area contributed by atoms with Crippen LogP contribution >= 0.6 is 0 Å². The Kier molecular flexibility index (Phi) is 6.41. The lowest BCUT2D eigenvalue weighted by Gasteiger charge is -2.40. The largest absolute Gasteiger partial charge is 0.500 e. The van der Waals surface area contributed by atoms with Crippen LogP contribution in [0.1, 0.15) is 49.2 Å². The number of carbonyl (C=O) groups is 2. The van der Waals surface area contributed by atoms with Crippen LogP contribution in [0.2, 0.25) is 0 Å². The predicted molar refractivity (Wildman–Crippen MR) is 113 cm³/mol. The summed E-state index contributed by atoms with van der Waals surface area (Å²) in [6, 6.07) is 3.63. The Morgan fingerprint density at radius 2 is 1.59 bits per heavy atom. The second-order valence-electron chi connectivity index (χ2n) is 8.06. The van der Waals surface area contributed by atoms with Crippen molar-refractivity contribution < 1.29 is 24.2 Å². The van der Waals surface area contributed by atoms with Crippen molar-refractivity contribution in [2.75, 3.05) is 14.2 Å². The number of hydrogen-bond acceptors (Lipinski definition) is 4. The zero-order valence-electron chi connectivity index (χ0n) is 18.5. The van der Waals surface area contributed by atoms with Crippen LogP contribution in [0.25, 0.3) is 0 Å². The molecular formula is C24H30O5. The van der Waals surface area contributed by atoms with Crippen molar-refractivity contribution in [2.45, 2.75) is 41.5 Å². The van der Waals surface area contributed by atoms with E-state index in [2.05, 4.69) is 0 Å². The third-order valence-corrected chi connectivity index (χ3v) is 5.97. The number of rotatable bonds is 6. The van der Waals surface area contributed by atoms with Gasteiger partial charge in [-0.2, -0.15) is 0 Å². The molecule has 2 rings (SSSR count). The fourth-order valence-corrected chi connectivity index (χ4v) is 4.14. The molecule has 0 bridgehead atoms. The highest BCUT2D eigenvalue weighted by Crippen LogP contribution is 2.48. The van der Waals surface area contributed by atoms with E-state index in [-0.39, 0.29) is 17.3 Å². The summed E-state index contributed by atoms with van der Waals surface area (Å²) in [4.78, 5) is 24.6. The second kappa shape index (κ2) is 8.27. The van der Waals surface area contributed by atoms with Crippen molar-refractivity contribution in [3.05, 3.63) is 63.5 Å². The van der Waals surface area contributed by atoms with Crippen molar-refractivity contribution >= 4 is 11.8 Å². The van der Waals surface area contributed by atoms with Crippen LogP contribution < -0.4 is 4.74 Å². The number of carboxylic acid groups (broad SMARTS) is 1. The summed E-state index contributed by atoms with van der Waals surface area (Å²) in [5, 5.41) is 9.64. The van der Waals surface area contributed by atoms with Crippen LogP contribution in [0.15, 0.2) is 46.8 Å². The predicted octanol–water partition coefficient (Wildman–Crippen LogP) is 5.03. The fourth-order valence-electron chi connectivity index (χ4n) is 4.14. The first-order valence-corrected chi connectivity index (χ1v) is 9.54. The van der Waals surface area contributed by atoms with Crippen molar-refractivity contribution in [2.24, 2.45) is 11.3 Å². The average Bonchev–Trinajstić information content (AvgIpc) is 2.63. The number of carboxylic acids is 1. The Balaban J connectivity index is 2.46. The lowest BCUT2D eigenvalue weighted by atomic mass is 9.66. The van der Waals surface area contributed by atoms with Gasteiger partial charge in [-0.25, -0.2) is 4.79 Å². The third kappa shape index (κ3) is 4.00. The summed E-state index contributed by atoms with van der Waals surface area (Å²) >= 11 is 0. The minimum atomic E-state index is -0.967. The first-order chi connectivity index (χ1) is 13.5. The number of methoxy groups -OCH3 is 2. The zero-order valence-corrected chi connectivity index (χ0v) is 18.5. The van der Waals surface area contributed by atoms with E-state index in [1.165, 1.54) is 7.11 Å². The van der Waals surface area contributed by atoms with E-state index in [9.17, 15) is 14.7 Å². The average molecular weight is 398 g/mol. The highest BCUT2D eigenvalue weighted by atomic mass is 16.5. The van der Waals surface area contributed by atoms with Gasteiger partial charge in [0.05, 0.1) is 19.8 Å². The molecule has 1 aliphatic carbocycles. The summed E-state index contributed by atoms with van der Waals surface area (Å²) in [6.07, 6.45) is 3.38. The molecule has 1 aromatic carbocycles. The first kappa shape index (κ1) is 22.5. The van der Waals surface area contributed by atoms with Gasteiger partial charge in [0.25, 0.3) is 0 Å². The van der Waals surface area contributed by atoms with Crippen LogP contribution in [0.5, 0.6) is 5.75 Å². The van der Waals surface area contributed by atoms with Gasteiger partial charge in [-0.1, -0.05) is 25.5 Å². The van der Waals surface area contributed by atoms with E-state index in [0.717, 1.165) is 22.4 Å². The minimum absolute atomic E-state index is 0.117. The lowest BCUT2D eigenvalue weighted by molar-refractivity contribution is -0.132. The highest BCUT2D eigenvalue weighted by molar-refractivity contribution is 6.05. The molecule has 156 valence electrons. The van der Waals surface area contributed by atoms with Crippen molar-refractivity contribution in [1.29, 1.82) is 0 Å². The van der Waals surface area contributed by atoms with Crippen LogP contribution in [0, 0.1) is 25.2 Å². The molecule has 5 nitrogen and oxygen atoms in total. The van der Waals surface area contributed by atoms with Gasteiger partial charge in [-0.15, -0.1) is 0 Å². The lowest BCUT2D eigenvalue weighted by Crippen LogP contribution is -2.33. The molecule has 0 aliphatic heterocycles. The number of benzene rings is 1. The molecule has 5 heteroatoms. The van der Waals surface area contributed by atoms with E-state index in [0.29, 0.717) is 16.9 Å². The Morgan fingerprint density at radius 1 is 1.03 bits per heavy atom. The molecule has 0 spiro atoms. The molecule has 0 saturated heterocycles. The highest BCUT2D eigenvalue weighted by Gasteiger charge is 2.41. The van der Waals surface area contributed by atoms with Crippen LogP contribution in [0.3, 0.4) is 0 Å². The molecule has 0 saturated carbocycles. The Hall–Kier alpha value is -2.82. The standard InChI is InChI=1S/C24H30O5/c1-13-11-17(12-14(2)21(13)28-7)19(25)10-9-18-22(29-8)15(3)20(23(26)27)16(4)24(18,5)6/h9-12,18H,1-8H3,(H,26,27). The second-order valence-corrected chi connectivity index (χ2v) is 8.06. The molecule has 0 aromatic heterocycles. The van der Waals surface area contributed by atoms with Gasteiger partial charge >= 0.3 is 5.97 Å². The van der Waals surface area contributed by atoms with Crippen molar-refractivity contribution in [3.8, 4) is 5.75 Å². The number of aliphatic carboxylic acids is 1. The molecule has 29 heavy (non-hydrogen) atoms. The molecule has 1 N–H and O–H groups in total. The maximum Gasteiger partial charge on any atom is 0.336 e. The number of ketones is 1. The van der Waals surface area contributed by atoms with Gasteiger partial charge in [-0.05, 0) is 62.4 Å². The fraction of sp³-hybridized carbons (Fsp3) is 0.417. The third-order valence-electron chi connectivity index (χ3n) is 5.97. The monoisotopic (exact) mass is 398 g/mol. The molecule has 0 amide bonds. The molecule has 1 atom stereocenters. The van der Waals surface area contributed by atoms with Crippen LogP contribution in [-0.2, 0) is 9.53 Å². The molecule has 0 radical (unpaired) electrons. The zero-order chi connectivity index (χ0) is 22.1. The number of hydrogen-bond donors (Lipinski definition) is 1. The number of ether oxygens (including phenoxy) is 2. The maximum absolute atomic E-state index is 12.8. The molecule has 1 unspecified atom stereocenters. The summed E-state index contributed by atoms with van der Waals surface area (Å²) in [5.41, 5.74) is 3.52. The summed E-state index contributed by atoms with van der Waals surface area (Å²) in [6.45, 7) is 11.3. The molecule has 1 aromatic rings. The topological polar surface area (TPSA) is 72.8 Å². The Morgan fingerprint density at radius 3 is 2.03 bits per heavy atom. The summed E-state index contributed by atoms with van der Waals surface area (Å²) in [5.74, 6) is 0.0176. The molecule has 0 heterocycles. The van der Waals surface area contributed by atoms with Gasteiger partial charge in [0.2, 0.25) is 0 Å². The SMILES string of the molecule is COC1=C(C)C(C(=O)O)=C(C)C(C)(C)C1C=CC(=O)c1cc(C)c(OC)c(C)c1. The Bertz CT molecular complexity index is 921. The van der Waals surface area contributed by atoms with Gasteiger partial charge < -0.3 is 14.6 Å². The van der Waals surface area contributed by atoms with Crippen molar-refractivity contribution in [3.63, 3.8) is 0 Å². The van der Waals surface area contributed by atoms with Gasteiger partial charge in [0.1, 0.15) is 11.5 Å². The van der Waals surface area contributed by atoms with Gasteiger partial charge in [0, 0.05) is 17.1 Å². The normalized spacial score (nSPS) is 19.0. The summed E-state index contributed by atoms with van der Waals surface area (Å²) < 4.78 is 11.0. The maximum atomic E-state index is 12.8. The van der Waals surface area contributed by atoms with E-state index in [1.807, 2.05) is 52.8 Å². The van der Waals surface area contributed by atoms with E-state index < -0.39 is 11.4 Å².